The Labute approximate surface area is 144 Å². The minimum Gasteiger partial charge on any atom is -0.478 e. The van der Waals surface area contributed by atoms with Gasteiger partial charge in [0, 0.05) is 12.8 Å². The number of aliphatic carboxylic acids is 1. The fourth-order valence-electron chi connectivity index (χ4n) is 2.85. The van der Waals surface area contributed by atoms with E-state index < -0.39 is 54.5 Å². The second kappa shape index (κ2) is 8.11. The van der Waals surface area contributed by atoms with Crippen LogP contribution >= 0.6 is 0 Å². The van der Waals surface area contributed by atoms with Crippen LogP contribution in [0.1, 0.15) is 18.4 Å². The van der Waals surface area contributed by atoms with Crippen LogP contribution < -0.4 is 5.32 Å². The van der Waals surface area contributed by atoms with Gasteiger partial charge in [-0.05, 0) is 11.6 Å². The third kappa shape index (κ3) is 4.36. The van der Waals surface area contributed by atoms with E-state index in [-0.39, 0.29) is 0 Å². The standard InChI is InChI=1S/C17H21NO7/c1-9(20)18-14-11(10-5-3-2-4-6-10)7-13(17(23)24)25-16(14)15(22)12(21)8-19/h2-7,11-12,14-16,19,21-22H,8H2,1H3,(H,18,20)(H,23,24). The lowest BCUT2D eigenvalue weighted by Crippen LogP contribution is -2.57. The first-order chi connectivity index (χ1) is 11.8. The van der Waals surface area contributed by atoms with Crippen molar-refractivity contribution in [2.75, 3.05) is 6.61 Å². The molecule has 0 saturated carbocycles. The van der Waals surface area contributed by atoms with E-state index in [0.29, 0.717) is 5.56 Å². The highest BCUT2D eigenvalue weighted by atomic mass is 16.5. The van der Waals surface area contributed by atoms with Crippen molar-refractivity contribution in [3.8, 4) is 0 Å². The molecule has 5 unspecified atom stereocenters. The third-order valence-electron chi connectivity index (χ3n) is 4.02. The number of aliphatic hydroxyl groups excluding tert-OH is 3. The van der Waals surface area contributed by atoms with Crippen molar-refractivity contribution in [1.29, 1.82) is 0 Å². The van der Waals surface area contributed by atoms with Gasteiger partial charge in [0.25, 0.3) is 0 Å². The summed E-state index contributed by atoms with van der Waals surface area (Å²) < 4.78 is 5.32. The molecule has 0 spiro atoms. The number of carbonyl (C=O) groups excluding carboxylic acids is 1. The van der Waals surface area contributed by atoms with E-state index in [4.69, 9.17) is 9.84 Å². The molecule has 1 aromatic rings. The molecule has 0 fully saturated rings. The Kier molecular flexibility index (Phi) is 6.13. The first-order valence-electron chi connectivity index (χ1n) is 7.76. The molecule has 0 aromatic heterocycles. The Balaban J connectivity index is 2.49. The Bertz CT molecular complexity index is 646. The lowest BCUT2D eigenvalue weighted by Gasteiger charge is -2.40. The molecule has 5 N–H and O–H groups in total. The Hall–Kier alpha value is -2.42. The molecular formula is C17H21NO7. The van der Waals surface area contributed by atoms with Crippen LogP contribution in [0.25, 0.3) is 0 Å². The molecular weight excluding hydrogens is 330 g/mol. The average Bonchev–Trinajstić information content (AvgIpc) is 2.60. The number of carbonyl (C=O) groups is 2. The van der Waals surface area contributed by atoms with Gasteiger partial charge in [0.15, 0.2) is 0 Å². The highest BCUT2D eigenvalue weighted by Crippen LogP contribution is 2.33. The molecule has 2 rings (SSSR count). The largest absolute Gasteiger partial charge is 0.478 e. The van der Waals surface area contributed by atoms with Gasteiger partial charge in [0.05, 0.1) is 12.6 Å². The lowest BCUT2D eigenvalue weighted by molar-refractivity contribution is -0.146. The number of carboxylic acid groups (broad SMARTS) is 1. The van der Waals surface area contributed by atoms with Crippen LogP contribution in [0.3, 0.4) is 0 Å². The fourth-order valence-corrected chi connectivity index (χ4v) is 2.85. The zero-order chi connectivity index (χ0) is 18.6. The van der Waals surface area contributed by atoms with Crippen LogP contribution in [0.5, 0.6) is 0 Å². The molecule has 1 amide bonds. The van der Waals surface area contributed by atoms with E-state index in [1.807, 2.05) is 0 Å². The van der Waals surface area contributed by atoms with Gasteiger partial charge in [-0.15, -0.1) is 0 Å². The second-order valence-electron chi connectivity index (χ2n) is 5.82. The topological polar surface area (TPSA) is 136 Å². The summed E-state index contributed by atoms with van der Waals surface area (Å²) >= 11 is 0. The summed E-state index contributed by atoms with van der Waals surface area (Å²) in [5.74, 6) is -2.74. The van der Waals surface area contributed by atoms with Crippen LogP contribution in [0.15, 0.2) is 42.2 Å². The van der Waals surface area contributed by atoms with E-state index in [0.717, 1.165) is 0 Å². The number of amides is 1. The van der Waals surface area contributed by atoms with E-state index in [1.165, 1.54) is 13.0 Å². The zero-order valence-electron chi connectivity index (χ0n) is 13.6. The van der Waals surface area contributed by atoms with Crippen LogP contribution in [0, 0.1) is 0 Å². The molecule has 1 aliphatic heterocycles. The van der Waals surface area contributed by atoms with E-state index in [2.05, 4.69) is 5.32 Å². The maximum Gasteiger partial charge on any atom is 0.370 e. The van der Waals surface area contributed by atoms with Crippen LogP contribution in [0.4, 0.5) is 0 Å². The summed E-state index contributed by atoms with van der Waals surface area (Å²) in [6.45, 7) is 0.542. The number of ether oxygens (including phenoxy) is 1. The first-order valence-corrected chi connectivity index (χ1v) is 7.76. The number of carboxylic acids is 1. The van der Waals surface area contributed by atoms with E-state index in [1.54, 1.807) is 30.3 Å². The molecule has 0 radical (unpaired) electrons. The SMILES string of the molecule is CC(=O)NC1C(c2ccccc2)C=C(C(=O)O)OC1C(O)C(O)CO. The van der Waals surface area contributed by atoms with Crippen molar-refractivity contribution < 1.29 is 34.8 Å². The molecule has 8 nitrogen and oxygen atoms in total. The van der Waals surface area contributed by atoms with Crippen LogP contribution in [-0.2, 0) is 14.3 Å². The van der Waals surface area contributed by atoms with Gasteiger partial charge < -0.3 is 30.5 Å². The Morgan fingerprint density at radius 3 is 2.40 bits per heavy atom. The molecule has 136 valence electrons. The van der Waals surface area contributed by atoms with Gasteiger partial charge >= 0.3 is 5.97 Å². The maximum atomic E-state index is 11.6. The quantitative estimate of drug-likeness (QED) is 0.460. The van der Waals surface area contributed by atoms with Gasteiger partial charge in [-0.1, -0.05) is 30.3 Å². The van der Waals surface area contributed by atoms with Gasteiger partial charge in [-0.25, -0.2) is 4.79 Å². The molecule has 5 atom stereocenters. The Morgan fingerprint density at radius 1 is 1.24 bits per heavy atom. The summed E-state index contributed by atoms with van der Waals surface area (Å²) in [4.78, 5) is 23.0. The summed E-state index contributed by atoms with van der Waals surface area (Å²) in [5.41, 5.74) is 0.707. The smallest absolute Gasteiger partial charge is 0.370 e. The zero-order valence-corrected chi connectivity index (χ0v) is 13.6. The molecule has 1 aromatic carbocycles. The first kappa shape index (κ1) is 18.9. The van der Waals surface area contributed by atoms with Gasteiger partial charge in [0.2, 0.25) is 11.7 Å². The summed E-state index contributed by atoms with van der Waals surface area (Å²) in [6.07, 6.45) is -3.05. The monoisotopic (exact) mass is 351 g/mol. The molecule has 8 heteroatoms. The summed E-state index contributed by atoms with van der Waals surface area (Å²) in [5, 5.41) is 41.1. The van der Waals surface area contributed by atoms with Crippen molar-refractivity contribution in [3.05, 3.63) is 47.7 Å². The minimum atomic E-state index is -1.60. The minimum absolute atomic E-state index is 0.398. The van der Waals surface area contributed by atoms with E-state index in [9.17, 15) is 24.9 Å². The van der Waals surface area contributed by atoms with Crippen molar-refractivity contribution >= 4 is 11.9 Å². The predicted molar refractivity (Wildman–Crippen MR) is 86.5 cm³/mol. The van der Waals surface area contributed by atoms with Crippen LogP contribution in [0.2, 0.25) is 0 Å². The van der Waals surface area contributed by atoms with Crippen molar-refractivity contribution in [3.63, 3.8) is 0 Å². The van der Waals surface area contributed by atoms with Crippen LogP contribution in [-0.4, -0.2) is 63.3 Å². The number of rotatable bonds is 6. The number of nitrogens with one attached hydrogen (secondary N) is 1. The van der Waals surface area contributed by atoms with Gasteiger partial charge in [-0.3, -0.25) is 4.79 Å². The average molecular weight is 351 g/mol. The number of aliphatic hydroxyl groups is 3. The van der Waals surface area contributed by atoms with Crippen molar-refractivity contribution in [2.24, 2.45) is 0 Å². The molecule has 0 saturated heterocycles. The number of hydrogen-bond donors (Lipinski definition) is 5. The maximum absolute atomic E-state index is 11.6. The molecule has 0 bridgehead atoms. The van der Waals surface area contributed by atoms with E-state index >= 15 is 0 Å². The molecule has 1 aliphatic rings. The lowest BCUT2D eigenvalue weighted by atomic mass is 9.83. The molecule has 0 aliphatic carbocycles. The second-order valence-corrected chi connectivity index (χ2v) is 5.82. The summed E-state index contributed by atoms with van der Waals surface area (Å²) in [6, 6.07) is 7.99. The molecule has 25 heavy (non-hydrogen) atoms. The fraction of sp³-hybridized carbons (Fsp3) is 0.412. The number of hydrogen-bond acceptors (Lipinski definition) is 6. The van der Waals surface area contributed by atoms with Crippen molar-refractivity contribution in [1.82, 2.24) is 5.32 Å². The van der Waals surface area contributed by atoms with Gasteiger partial charge in [0.1, 0.15) is 18.3 Å². The molecule has 1 heterocycles. The third-order valence-corrected chi connectivity index (χ3v) is 4.02. The highest BCUT2D eigenvalue weighted by Gasteiger charge is 2.43. The normalized spacial score (nSPS) is 25.3. The van der Waals surface area contributed by atoms with Crippen molar-refractivity contribution in [2.45, 2.75) is 37.2 Å². The summed E-state index contributed by atoms with van der Waals surface area (Å²) in [7, 11) is 0. The van der Waals surface area contributed by atoms with Gasteiger partial charge in [-0.2, -0.15) is 0 Å². The highest BCUT2D eigenvalue weighted by molar-refractivity contribution is 5.85. The Morgan fingerprint density at radius 2 is 1.88 bits per heavy atom. The predicted octanol–water partition coefficient (Wildman–Crippen LogP) is -0.644. The number of benzene rings is 1.